The Balaban J connectivity index is 2.06. The van der Waals surface area contributed by atoms with E-state index in [9.17, 15) is 8.78 Å². The number of likely N-dealkylation sites (N-methyl/N-ethyl adjacent to an activating group) is 1. The smallest absolute Gasteiger partial charge is 0.193 e. The van der Waals surface area contributed by atoms with Crippen molar-refractivity contribution in [2.24, 2.45) is 10.7 Å². The van der Waals surface area contributed by atoms with Gasteiger partial charge in [0.1, 0.15) is 11.6 Å². The second-order valence-electron chi connectivity index (χ2n) is 4.97. The summed E-state index contributed by atoms with van der Waals surface area (Å²) in [6, 6.07) is 7.22. The van der Waals surface area contributed by atoms with E-state index in [0.717, 1.165) is 18.2 Å². The van der Waals surface area contributed by atoms with Gasteiger partial charge in [0.2, 0.25) is 0 Å². The highest BCUT2D eigenvalue weighted by molar-refractivity contribution is 7.10. The standard InChI is InChI=1S/C15H18F2N4S/c1-21(2)13(14-4-3-7-22-14)9-19-15(18)20-12-8-10(16)5-6-11(12)17/h3-8,13H,9H2,1-2H3,(H3,18,19,20). The first-order valence-corrected chi connectivity index (χ1v) is 7.57. The summed E-state index contributed by atoms with van der Waals surface area (Å²) in [6.45, 7) is 0.420. The van der Waals surface area contributed by atoms with Crippen molar-refractivity contribution >= 4 is 23.0 Å². The van der Waals surface area contributed by atoms with Crippen LogP contribution in [-0.4, -0.2) is 31.5 Å². The van der Waals surface area contributed by atoms with Crippen molar-refractivity contribution in [2.45, 2.75) is 6.04 Å². The second-order valence-corrected chi connectivity index (χ2v) is 5.95. The highest BCUT2D eigenvalue weighted by Crippen LogP contribution is 2.23. The lowest BCUT2D eigenvalue weighted by Gasteiger charge is -2.21. The molecule has 2 rings (SSSR count). The van der Waals surface area contributed by atoms with Crippen LogP contribution in [0.5, 0.6) is 0 Å². The number of guanidine groups is 1. The van der Waals surface area contributed by atoms with Crippen LogP contribution in [0.15, 0.2) is 40.7 Å². The summed E-state index contributed by atoms with van der Waals surface area (Å²) in [5, 5.41) is 4.59. The van der Waals surface area contributed by atoms with Crippen molar-refractivity contribution in [3.8, 4) is 0 Å². The van der Waals surface area contributed by atoms with E-state index in [2.05, 4.69) is 10.3 Å². The molecule has 1 unspecified atom stereocenters. The van der Waals surface area contributed by atoms with Gasteiger partial charge in [-0.25, -0.2) is 8.78 Å². The Morgan fingerprint density at radius 3 is 2.77 bits per heavy atom. The van der Waals surface area contributed by atoms with Gasteiger partial charge in [-0.15, -0.1) is 11.3 Å². The Kier molecular flexibility index (Phi) is 5.46. The first kappa shape index (κ1) is 16.4. The predicted octanol–water partition coefficient (Wildman–Crippen LogP) is 3.06. The van der Waals surface area contributed by atoms with Gasteiger partial charge in [0.25, 0.3) is 0 Å². The maximum atomic E-state index is 13.5. The monoisotopic (exact) mass is 324 g/mol. The Labute approximate surface area is 132 Å². The number of nitrogens with one attached hydrogen (secondary N) is 1. The highest BCUT2D eigenvalue weighted by atomic mass is 32.1. The van der Waals surface area contributed by atoms with Crippen LogP contribution in [0.2, 0.25) is 0 Å². The molecule has 0 radical (unpaired) electrons. The molecule has 1 atom stereocenters. The molecule has 3 N–H and O–H groups in total. The van der Waals surface area contributed by atoms with Crippen molar-refractivity contribution in [3.05, 3.63) is 52.2 Å². The Hall–Kier alpha value is -1.99. The third-order valence-electron chi connectivity index (χ3n) is 3.12. The van der Waals surface area contributed by atoms with Crippen LogP contribution in [0, 0.1) is 11.6 Å². The molecule has 0 saturated heterocycles. The third-order valence-corrected chi connectivity index (χ3v) is 4.09. The number of hydrogen-bond acceptors (Lipinski definition) is 3. The molecule has 0 aliphatic carbocycles. The van der Waals surface area contributed by atoms with E-state index >= 15 is 0 Å². The summed E-state index contributed by atoms with van der Waals surface area (Å²) < 4.78 is 26.6. The SMILES string of the molecule is CN(C)C(CN=C(N)Nc1cc(F)ccc1F)c1cccs1. The van der Waals surface area contributed by atoms with Gasteiger partial charge in [-0.2, -0.15) is 0 Å². The average molecular weight is 324 g/mol. The minimum absolute atomic E-state index is 0.0289. The van der Waals surface area contributed by atoms with Crippen LogP contribution in [-0.2, 0) is 0 Å². The van der Waals surface area contributed by atoms with Gasteiger partial charge >= 0.3 is 0 Å². The molecule has 0 spiro atoms. The lowest BCUT2D eigenvalue weighted by molar-refractivity contribution is 0.311. The Morgan fingerprint density at radius 1 is 1.36 bits per heavy atom. The second kappa shape index (κ2) is 7.33. The van der Waals surface area contributed by atoms with Crippen LogP contribution in [0.3, 0.4) is 0 Å². The summed E-state index contributed by atoms with van der Waals surface area (Å²) in [5.41, 5.74) is 5.73. The van der Waals surface area contributed by atoms with Gasteiger partial charge in [0.05, 0.1) is 18.3 Å². The minimum atomic E-state index is -0.582. The molecule has 0 amide bonds. The molecule has 0 fully saturated rings. The van der Waals surface area contributed by atoms with E-state index < -0.39 is 11.6 Å². The maximum absolute atomic E-state index is 13.5. The number of aliphatic imine (C=N–C) groups is 1. The number of hydrogen-bond donors (Lipinski definition) is 2. The maximum Gasteiger partial charge on any atom is 0.193 e. The van der Waals surface area contributed by atoms with E-state index in [0.29, 0.717) is 6.54 Å². The van der Waals surface area contributed by atoms with Crippen molar-refractivity contribution in [3.63, 3.8) is 0 Å². The topological polar surface area (TPSA) is 53.6 Å². The van der Waals surface area contributed by atoms with Crippen LogP contribution in [0.1, 0.15) is 10.9 Å². The van der Waals surface area contributed by atoms with Gasteiger partial charge in [0, 0.05) is 10.9 Å². The number of halogens is 2. The number of thiophene rings is 1. The zero-order valence-corrected chi connectivity index (χ0v) is 13.2. The van der Waals surface area contributed by atoms with E-state index in [1.165, 1.54) is 4.88 Å². The minimum Gasteiger partial charge on any atom is -0.370 e. The fraction of sp³-hybridized carbons (Fsp3) is 0.267. The van der Waals surface area contributed by atoms with Crippen molar-refractivity contribution in [1.82, 2.24) is 4.90 Å². The molecule has 1 heterocycles. The average Bonchev–Trinajstić information content (AvgIpc) is 2.96. The van der Waals surface area contributed by atoms with E-state index in [4.69, 9.17) is 5.73 Å². The molecular formula is C15H18F2N4S. The number of rotatable bonds is 5. The first-order chi connectivity index (χ1) is 10.5. The molecule has 1 aromatic carbocycles. The number of anilines is 1. The summed E-state index contributed by atoms with van der Waals surface area (Å²) in [4.78, 5) is 7.43. The molecule has 1 aromatic heterocycles. The molecule has 0 bridgehead atoms. The number of benzene rings is 1. The third kappa shape index (κ3) is 4.25. The molecule has 0 aliphatic rings. The summed E-state index contributed by atoms with van der Waals surface area (Å²) in [7, 11) is 3.91. The molecule has 2 aromatic rings. The molecule has 0 aliphatic heterocycles. The number of nitrogens with zero attached hydrogens (tertiary/aromatic N) is 2. The normalized spacial score (nSPS) is 13.4. The van der Waals surface area contributed by atoms with E-state index in [-0.39, 0.29) is 17.7 Å². The fourth-order valence-corrected chi connectivity index (χ4v) is 2.86. The quantitative estimate of drug-likeness (QED) is 0.656. The molecule has 7 heteroatoms. The van der Waals surface area contributed by atoms with Crippen molar-refractivity contribution in [2.75, 3.05) is 26.0 Å². The van der Waals surface area contributed by atoms with Gasteiger partial charge in [-0.3, -0.25) is 4.99 Å². The molecule has 22 heavy (non-hydrogen) atoms. The van der Waals surface area contributed by atoms with Crippen molar-refractivity contribution < 1.29 is 8.78 Å². The Morgan fingerprint density at radius 2 is 2.14 bits per heavy atom. The summed E-state index contributed by atoms with van der Waals surface area (Å²) in [5.74, 6) is -1.07. The molecule has 0 saturated carbocycles. The van der Waals surface area contributed by atoms with E-state index in [1.807, 2.05) is 36.5 Å². The fourth-order valence-electron chi connectivity index (χ4n) is 1.94. The van der Waals surface area contributed by atoms with Crippen LogP contribution >= 0.6 is 11.3 Å². The Bertz CT molecular complexity index is 641. The number of nitrogens with two attached hydrogens (primary N) is 1. The summed E-state index contributed by atoms with van der Waals surface area (Å²) >= 11 is 1.64. The van der Waals surface area contributed by atoms with Gasteiger partial charge in [0.15, 0.2) is 5.96 Å². The predicted molar refractivity (Wildman–Crippen MR) is 87.2 cm³/mol. The molecule has 118 valence electrons. The largest absolute Gasteiger partial charge is 0.370 e. The van der Waals surface area contributed by atoms with Gasteiger partial charge < -0.3 is 16.0 Å². The zero-order chi connectivity index (χ0) is 16.1. The van der Waals surface area contributed by atoms with Crippen LogP contribution in [0.25, 0.3) is 0 Å². The van der Waals surface area contributed by atoms with E-state index in [1.54, 1.807) is 11.3 Å². The summed E-state index contributed by atoms with van der Waals surface area (Å²) in [6.07, 6.45) is 0. The zero-order valence-electron chi connectivity index (χ0n) is 12.4. The highest BCUT2D eigenvalue weighted by Gasteiger charge is 2.14. The van der Waals surface area contributed by atoms with Crippen molar-refractivity contribution in [1.29, 1.82) is 0 Å². The lowest BCUT2D eigenvalue weighted by Crippen LogP contribution is -2.27. The first-order valence-electron chi connectivity index (χ1n) is 6.69. The van der Waals surface area contributed by atoms with Gasteiger partial charge in [-0.05, 0) is 37.7 Å². The van der Waals surface area contributed by atoms with Crippen LogP contribution < -0.4 is 11.1 Å². The molecule has 4 nitrogen and oxygen atoms in total. The van der Waals surface area contributed by atoms with Gasteiger partial charge in [-0.1, -0.05) is 6.07 Å². The van der Waals surface area contributed by atoms with Crippen LogP contribution in [0.4, 0.5) is 14.5 Å². The molecular weight excluding hydrogens is 306 g/mol. The lowest BCUT2D eigenvalue weighted by atomic mass is 10.2.